The van der Waals surface area contributed by atoms with Crippen molar-refractivity contribution in [3.63, 3.8) is 0 Å². The summed E-state index contributed by atoms with van der Waals surface area (Å²) in [6.07, 6.45) is 1.55. The molecule has 31 heavy (non-hydrogen) atoms. The third-order valence-electron chi connectivity index (χ3n) is 4.80. The SMILES string of the molecule is CCCCn1c(N)c(N(CC(C)C)C(=O)c2cc(-c3ccccc3)on2)c(=O)[nH]c1=O. The van der Waals surface area contributed by atoms with Gasteiger partial charge in [0.15, 0.2) is 17.1 Å². The van der Waals surface area contributed by atoms with Gasteiger partial charge in [-0.1, -0.05) is 62.7 Å². The van der Waals surface area contributed by atoms with Crippen molar-refractivity contribution in [2.24, 2.45) is 5.92 Å². The maximum Gasteiger partial charge on any atom is 0.330 e. The van der Waals surface area contributed by atoms with Crippen LogP contribution in [0.1, 0.15) is 44.1 Å². The van der Waals surface area contributed by atoms with Crippen molar-refractivity contribution in [2.45, 2.75) is 40.2 Å². The molecule has 2 aromatic heterocycles. The summed E-state index contributed by atoms with van der Waals surface area (Å²) >= 11 is 0. The molecule has 1 aromatic carbocycles. The maximum atomic E-state index is 13.3. The number of hydrogen-bond donors (Lipinski definition) is 2. The summed E-state index contributed by atoms with van der Waals surface area (Å²) in [4.78, 5) is 41.8. The van der Waals surface area contributed by atoms with Gasteiger partial charge in [0, 0.05) is 24.7 Å². The highest BCUT2D eigenvalue weighted by molar-refractivity contribution is 6.06. The van der Waals surface area contributed by atoms with E-state index in [9.17, 15) is 14.4 Å². The standard InChI is InChI=1S/C22H27N5O4/c1-4-5-11-26-19(23)18(20(28)24-22(26)30)27(13-14(2)3)21(29)16-12-17(31-25-16)15-9-7-6-8-10-15/h6-10,12,14H,4-5,11,13,23H2,1-3H3,(H,24,28,30). The lowest BCUT2D eigenvalue weighted by Crippen LogP contribution is -2.42. The summed E-state index contributed by atoms with van der Waals surface area (Å²) in [6, 6.07) is 10.8. The van der Waals surface area contributed by atoms with Gasteiger partial charge in [0.05, 0.1) is 0 Å². The van der Waals surface area contributed by atoms with E-state index >= 15 is 0 Å². The Balaban J connectivity index is 2.05. The van der Waals surface area contributed by atoms with E-state index in [4.69, 9.17) is 10.3 Å². The normalized spacial score (nSPS) is 11.1. The molecular formula is C22H27N5O4. The van der Waals surface area contributed by atoms with E-state index in [2.05, 4.69) is 10.1 Å². The molecule has 0 aliphatic carbocycles. The minimum absolute atomic E-state index is 0.0271. The average molecular weight is 425 g/mol. The summed E-state index contributed by atoms with van der Waals surface area (Å²) < 4.78 is 6.64. The molecule has 164 valence electrons. The number of anilines is 2. The Morgan fingerprint density at radius 2 is 1.97 bits per heavy atom. The monoisotopic (exact) mass is 425 g/mol. The summed E-state index contributed by atoms with van der Waals surface area (Å²) in [5, 5.41) is 3.91. The highest BCUT2D eigenvalue weighted by Gasteiger charge is 2.28. The quantitative estimate of drug-likeness (QED) is 0.571. The first-order valence-corrected chi connectivity index (χ1v) is 10.3. The van der Waals surface area contributed by atoms with Gasteiger partial charge in [0.1, 0.15) is 5.82 Å². The number of nitrogens with zero attached hydrogens (tertiary/aromatic N) is 3. The molecule has 3 aromatic rings. The lowest BCUT2D eigenvalue weighted by atomic mass is 10.1. The molecule has 3 rings (SSSR count). The lowest BCUT2D eigenvalue weighted by Gasteiger charge is -2.25. The molecule has 1 amide bonds. The Morgan fingerprint density at radius 1 is 1.26 bits per heavy atom. The number of aromatic nitrogens is 3. The second-order valence-electron chi connectivity index (χ2n) is 7.75. The van der Waals surface area contributed by atoms with Crippen LogP contribution in [0.15, 0.2) is 50.5 Å². The fourth-order valence-electron chi connectivity index (χ4n) is 3.27. The van der Waals surface area contributed by atoms with Crippen LogP contribution < -0.4 is 21.9 Å². The van der Waals surface area contributed by atoms with Crippen molar-refractivity contribution in [3.05, 3.63) is 62.9 Å². The minimum atomic E-state index is -0.712. The van der Waals surface area contributed by atoms with Crippen LogP contribution in [0.2, 0.25) is 0 Å². The van der Waals surface area contributed by atoms with Gasteiger partial charge >= 0.3 is 5.69 Å². The third-order valence-corrected chi connectivity index (χ3v) is 4.80. The molecule has 0 saturated heterocycles. The highest BCUT2D eigenvalue weighted by atomic mass is 16.5. The number of H-pyrrole nitrogens is 1. The molecule has 0 bridgehead atoms. The number of nitrogen functional groups attached to an aromatic ring is 1. The van der Waals surface area contributed by atoms with E-state index in [1.54, 1.807) is 0 Å². The summed E-state index contributed by atoms with van der Waals surface area (Å²) in [7, 11) is 0. The minimum Gasteiger partial charge on any atom is -0.383 e. The first-order valence-electron chi connectivity index (χ1n) is 10.3. The number of amides is 1. The molecule has 0 radical (unpaired) electrons. The van der Waals surface area contributed by atoms with Gasteiger partial charge in [-0.05, 0) is 12.3 Å². The fourth-order valence-corrected chi connectivity index (χ4v) is 3.27. The number of carbonyl (C=O) groups is 1. The topological polar surface area (TPSA) is 127 Å². The van der Waals surface area contributed by atoms with Crippen LogP contribution in [0.4, 0.5) is 11.5 Å². The second-order valence-corrected chi connectivity index (χ2v) is 7.75. The van der Waals surface area contributed by atoms with Crippen molar-refractivity contribution in [2.75, 3.05) is 17.2 Å². The molecule has 0 spiro atoms. The lowest BCUT2D eigenvalue weighted by molar-refractivity contribution is 0.0975. The molecule has 0 aliphatic rings. The van der Waals surface area contributed by atoms with E-state index in [-0.39, 0.29) is 29.7 Å². The van der Waals surface area contributed by atoms with Crippen LogP contribution in [0, 0.1) is 5.92 Å². The number of carbonyl (C=O) groups excluding carboxylic acids is 1. The third kappa shape index (κ3) is 4.76. The second kappa shape index (κ2) is 9.46. The Kier molecular flexibility index (Phi) is 6.74. The van der Waals surface area contributed by atoms with Gasteiger partial charge in [0.2, 0.25) is 0 Å². The molecule has 0 atom stereocenters. The predicted octanol–water partition coefficient (Wildman–Crippen LogP) is 2.88. The number of nitrogens with two attached hydrogens (primary N) is 1. The predicted molar refractivity (Wildman–Crippen MR) is 119 cm³/mol. The molecular weight excluding hydrogens is 398 g/mol. The Hall–Kier alpha value is -3.62. The zero-order chi connectivity index (χ0) is 22.5. The van der Waals surface area contributed by atoms with E-state index in [1.807, 2.05) is 51.1 Å². The van der Waals surface area contributed by atoms with E-state index in [1.165, 1.54) is 15.5 Å². The zero-order valence-electron chi connectivity index (χ0n) is 17.9. The van der Waals surface area contributed by atoms with Crippen molar-refractivity contribution in [3.8, 4) is 11.3 Å². The van der Waals surface area contributed by atoms with Gasteiger partial charge in [-0.2, -0.15) is 0 Å². The van der Waals surface area contributed by atoms with E-state index in [0.717, 1.165) is 12.0 Å². The first-order chi connectivity index (χ1) is 14.8. The van der Waals surface area contributed by atoms with Crippen molar-refractivity contribution in [1.29, 1.82) is 0 Å². The number of benzene rings is 1. The van der Waals surface area contributed by atoms with Crippen molar-refractivity contribution >= 4 is 17.4 Å². The number of rotatable bonds is 8. The average Bonchev–Trinajstić information content (AvgIpc) is 3.23. The van der Waals surface area contributed by atoms with Gasteiger partial charge in [-0.3, -0.25) is 24.0 Å². The van der Waals surface area contributed by atoms with Crippen LogP contribution in [-0.4, -0.2) is 27.2 Å². The Morgan fingerprint density at radius 3 is 2.61 bits per heavy atom. The molecule has 3 N–H and O–H groups in total. The number of aromatic amines is 1. The zero-order valence-corrected chi connectivity index (χ0v) is 17.9. The van der Waals surface area contributed by atoms with Gasteiger partial charge in [-0.25, -0.2) is 4.79 Å². The van der Waals surface area contributed by atoms with Crippen molar-refractivity contribution in [1.82, 2.24) is 14.7 Å². The Labute approximate surface area is 179 Å². The van der Waals surface area contributed by atoms with Crippen LogP contribution in [0.3, 0.4) is 0 Å². The maximum absolute atomic E-state index is 13.3. The van der Waals surface area contributed by atoms with Crippen LogP contribution in [-0.2, 0) is 6.54 Å². The molecule has 9 nitrogen and oxygen atoms in total. The smallest absolute Gasteiger partial charge is 0.330 e. The largest absolute Gasteiger partial charge is 0.383 e. The summed E-state index contributed by atoms with van der Waals surface area (Å²) in [6.45, 7) is 6.37. The molecule has 0 saturated carbocycles. The number of hydrogen-bond acceptors (Lipinski definition) is 6. The first kappa shape index (κ1) is 22.1. The van der Waals surface area contributed by atoms with Crippen LogP contribution in [0.25, 0.3) is 11.3 Å². The van der Waals surface area contributed by atoms with Gasteiger partial charge < -0.3 is 10.3 Å². The number of nitrogens with one attached hydrogen (secondary N) is 1. The highest BCUT2D eigenvalue weighted by Crippen LogP contribution is 2.24. The van der Waals surface area contributed by atoms with Crippen molar-refractivity contribution < 1.29 is 9.32 Å². The van der Waals surface area contributed by atoms with E-state index in [0.29, 0.717) is 18.7 Å². The van der Waals surface area contributed by atoms with Crippen LogP contribution in [0.5, 0.6) is 0 Å². The summed E-state index contributed by atoms with van der Waals surface area (Å²) in [5.74, 6) is -0.108. The molecule has 0 fully saturated rings. The van der Waals surface area contributed by atoms with Gasteiger partial charge in [-0.15, -0.1) is 0 Å². The van der Waals surface area contributed by atoms with Gasteiger partial charge in [0.25, 0.3) is 11.5 Å². The Bertz CT molecular complexity index is 1160. The fraction of sp³-hybridized carbons (Fsp3) is 0.364. The van der Waals surface area contributed by atoms with E-state index < -0.39 is 17.2 Å². The molecule has 0 unspecified atom stereocenters. The number of unbranched alkanes of at least 4 members (excludes halogenated alkanes) is 1. The molecule has 2 heterocycles. The summed E-state index contributed by atoms with van der Waals surface area (Å²) in [5.41, 5.74) is 5.68. The van der Waals surface area contributed by atoms with Crippen LogP contribution >= 0.6 is 0 Å². The molecule has 0 aliphatic heterocycles. The molecule has 9 heteroatoms.